The fourth-order valence-electron chi connectivity index (χ4n) is 8.90. The van der Waals surface area contributed by atoms with Gasteiger partial charge in [-0.2, -0.15) is 0 Å². The lowest BCUT2D eigenvalue weighted by Gasteiger charge is -2.34. The van der Waals surface area contributed by atoms with Crippen LogP contribution < -0.4 is 26.2 Å². The van der Waals surface area contributed by atoms with Crippen LogP contribution in [0.25, 0.3) is 0 Å². The van der Waals surface area contributed by atoms with Crippen LogP contribution >= 0.6 is 0 Å². The van der Waals surface area contributed by atoms with Gasteiger partial charge in [-0.05, 0) is 110 Å². The van der Waals surface area contributed by atoms with Crippen molar-refractivity contribution in [2.75, 3.05) is 42.8 Å². The standard InChI is InChI=1S/C46H58FN7O8/c1-27(2)39(50-45(59)61-5)43(57)52-23-9-15-37(52)41(55)48-32-13-7-11-29(25-32)35-21-22-36(54(35)34-19-17-31(47)18-20-34)30-12-8-14-33(26-30)49-42(56)38-16-10-24-53(38)44(58)40(28(3)4)51-46(60)62-6/h7-8,11-14,17-20,25-28,35-40H,9-10,15-16,21-24H2,1-6H3,(H,48,55)(H,49,56)(H,50,59)(H,51,60)/t35-,36-,37-,38-,39+,40+/m1/s1. The van der Waals surface area contributed by atoms with Gasteiger partial charge in [-0.1, -0.05) is 52.0 Å². The van der Waals surface area contributed by atoms with Gasteiger partial charge < -0.3 is 45.4 Å². The number of nitrogens with zero attached hydrogens (tertiary/aromatic N) is 3. The number of hydrogen-bond donors (Lipinski definition) is 4. The van der Waals surface area contributed by atoms with Gasteiger partial charge in [0.2, 0.25) is 23.6 Å². The third-order valence-electron chi connectivity index (χ3n) is 12.0. The van der Waals surface area contributed by atoms with E-state index in [-0.39, 0.29) is 53.4 Å². The summed E-state index contributed by atoms with van der Waals surface area (Å²) in [7, 11) is 2.47. The van der Waals surface area contributed by atoms with Crippen LogP contribution in [0.2, 0.25) is 0 Å². The topological polar surface area (TPSA) is 179 Å². The summed E-state index contributed by atoms with van der Waals surface area (Å²) in [6.07, 6.45) is 2.25. The molecule has 3 aromatic rings. The molecule has 0 saturated carbocycles. The number of ether oxygens (including phenoxy) is 2. The zero-order valence-corrected chi connectivity index (χ0v) is 36.2. The molecule has 0 spiro atoms. The van der Waals surface area contributed by atoms with E-state index >= 15 is 0 Å². The molecule has 3 aliphatic heterocycles. The van der Waals surface area contributed by atoms with E-state index in [9.17, 15) is 33.2 Å². The average molecular weight is 856 g/mol. The molecule has 6 rings (SSSR count). The van der Waals surface area contributed by atoms with Crippen LogP contribution in [-0.2, 0) is 28.7 Å². The quantitative estimate of drug-likeness (QED) is 0.149. The Morgan fingerprint density at radius 3 is 1.42 bits per heavy atom. The van der Waals surface area contributed by atoms with Crippen LogP contribution in [0, 0.1) is 17.7 Å². The molecule has 6 amide bonds. The van der Waals surface area contributed by atoms with Crippen molar-refractivity contribution in [1.29, 1.82) is 0 Å². The first-order chi connectivity index (χ1) is 29.7. The molecule has 3 aromatic carbocycles. The number of carbonyl (C=O) groups excluding carboxylic acids is 6. The second-order valence-electron chi connectivity index (χ2n) is 16.8. The molecule has 3 heterocycles. The summed E-state index contributed by atoms with van der Waals surface area (Å²) >= 11 is 0. The highest BCUT2D eigenvalue weighted by Gasteiger charge is 2.41. The van der Waals surface area contributed by atoms with Crippen LogP contribution in [0.4, 0.5) is 31.0 Å². The Balaban J connectivity index is 1.19. The Labute approximate surface area is 362 Å². The van der Waals surface area contributed by atoms with Gasteiger partial charge in [-0.25, -0.2) is 14.0 Å². The molecule has 0 aromatic heterocycles. The maximum Gasteiger partial charge on any atom is 0.407 e. The molecule has 62 heavy (non-hydrogen) atoms. The van der Waals surface area contributed by atoms with Crippen molar-refractivity contribution in [3.8, 4) is 0 Å². The fourth-order valence-corrected chi connectivity index (χ4v) is 8.90. The number of halogens is 1. The summed E-state index contributed by atoms with van der Waals surface area (Å²) in [5, 5.41) is 11.3. The molecule has 6 atom stereocenters. The zero-order chi connectivity index (χ0) is 44.7. The highest BCUT2D eigenvalue weighted by atomic mass is 19.1. The predicted molar refractivity (Wildman–Crippen MR) is 232 cm³/mol. The number of hydrogen-bond acceptors (Lipinski definition) is 9. The lowest BCUT2D eigenvalue weighted by Crippen LogP contribution is -2.54. The van der Waals surface area contributed by atoms with Crippen molar-refractivity contribution in [1.82, 2.24) is 20.4 Å². The van der Waals surface area contributed by atoms with E-state index in [1.807, 2.05) is 64.1 Å². The molecule has 332 valence electrons. The Morgan fingerprint density at radius 2 is 1.03 bits per heavy atom. The smallest absolute Gasteiger partial charge is 0.407 e. The van der Waals surface area contributed by atoms with Gasteiger partial charge in [-0.3, -0.25) is 19.2 Å². The zero-order valence-electron chi connectivity index (χ0n) is 36.2. The van der Waals surface area contributed by atoms with E-state index in [0.717, 1.165) is 29.7 Å². The van der Waals surface area contributed by atoms with E-state index in [0.29, 0.717) is 50.1 Å². The number of anilines is 3. The molecule has 0 aliphatic carbocycles. The third-order valence-corrected chi connectivity index (χ3v) is 12.0. The minimum absolute atomic E-state index is 0.174. The number of rotatable bonds is 13. The maximum atomic E-state index is 14.3. The number of alkyl carbamates (subject to hydrolysis) is 2. The molecular weight excluding hydrogens is 798 g/mol. The van der Waals surface area contributed by atoms with Crippen molar-refractivity contribution < 1.29 is 42.6 Å². The second-order valence-corrected chi connectivity index (χ2v) is 16.8. The number of likely N-dealkylation sites (tertiary alicyclic amines) is 2. The predicted octanol–water partition coefficient (Wildman–Crippen LogP) is 6.53. The van der Waals surface area contributed by atoms with Gasteiger partial charge in [0.15, 0.2) is 0 Å². The summed E-state index contributed by atoms with van der Waals surface area (Å²) in [4.78, 5) is 84.2. The van der Waals surface area contributed by atoms with Gasteiger partial charge in [0, 0.05) is 30.2 Å². The summed E-state index contributed by atoms with van der Waals surface area (Å²) in [5.74, 6) is -2.16. The monoisotopic (exact) mass is 855 g/mol. The van der Waals surface area contributed by atoms with Crippen molar-refractivity contribution >= 4 is 52.9 Å². The maximum absolute atomic E-state index is 14.3. The van der Waals surface area contributed by atoms with E-state index in [4.69, 9.17) is 9.47 Å². The normalized spacial score (nSPS) is 20.8. The summed E-state index contributed by atoms with van der Waals surface area (Å²) in [6.45, 7) is 8.05. The summed E-state index contributed by atoms with van der Waals surface area (Å²) in [6, 6.07) is 18.0. The van der Waals surface area contributed by atoms with Gasteiger partial charge in [0.25, 0.3) is 0 Å². The van der Waals surface area contributed by atoms with Crippen LogP contribution in [-0.4, -0.2) is 97.1 Å². The average Bonchev–Trinajstić information content (AvgIpc) is 4.05. The van der Waals surface area contributed by atoms with Crippen LogP contribution in [0.1, 0.15) is 89.4 Å². The van der Waals surface area contributed by atoms with Crippen molar-refractivity contribution in [3.05, 3.63) is 89.7 Å². The molecule has 3 aliphatic rings. The van der Waals surface area contributed by atoms with E-state index in [2.05, 4.69) is 26.2 Å². The highest BCUT2D eigenvalue weighted by Crippen LogP contribution is 2.47. The minimum Gasteiger partial charge on any atom is -0.453 e. The van der Waals surface area contributed by atoms with Crippen molar-refractivity contribution in [3.63, 3.8) is 0 Å². The first-order valence-corrected chi connectivity index (χ1v) is 21.4. The summed E-state index contributed by atoms with van der Waals surface area (Å²) < 4.78 is 23.8. The molecule has 0 bridgehead atoms. The van der Waals surface area contributed by atoms with Gasteiger partial charge >= 0.3 is 12.2 Å². The van der Waals surface area contributed by atoms with E-state index in [1.165, 1.54) is 36.2 Å². The Kier molecular flexibility index (Phi) is 14.7. The largest absolute Gasteiger partial charge is 0.453 e. The lowest BCUT2D eigenvalue weighted by molar-refractivity contribution is -0.139. The Bertz CT molecular complexity index is 1990. The molecule has 4 N–H and O–H groups in total. The van der Waals surface area contributed by atoms with Gasteiger partial charge in [0.1, 0.15) is 30.0 Å². The molecule has 0 radical (unpaired) electrons. The number of methoxy groups -OCH3 is 2. The highest BCUT2D eigenvalue weighted by molar-refractivity contribution is 6.00. The summed E-state index contributed by atoms with van der Waals surface area (Å²) in [5.41, 5.74) is 3.77. The first-order valence-electron chi connectivity index (χ1n) is 21.4. The van der Waals surface area contributed by atoms with Crippen LogP contribution in [0.5, 0.6) is 0 Å². The number of amides is 6. The van der Waals surface area contributed by atoms with Crippen LogP contribution in [0.15, 0.2) is 72.8 Å². The van der Waals surface area contributed by atoms with Gasteiger partial charge in [0.05, 0.1) is 26.3 Å². The molecule has 3 fully saturated rings. The van der Waals surface area contributed by atoms with Crippen LogP contribution in [0.3, 0.4) is 0 Å². The van der Waals surface area contributed by atoms with E-state index in [1.54, 1.807) is 24.3 Å². The third kappa shape index (κ3) is 10.3. The minimum atomic E-state index is -0.849. The van der Waals surface area contributed by atoms with Gasteiger partial charge in [-0.15, -0.1) is 0 Å². The first kappa shape index (κ1) is 45.3. The molecule has 15 nitrogen and oxygen atoms in total. The Hall–Kier alpha value is -6.19. The van der Waals surface area contributed by atoms with E-state index < -0.39 is 36.4 Å². The molecule has 16 heteroatoms. The Morgan fingerprint density at radius 1 is 0.613 bits per heavy atom. The van der Waals surface area contributed by atoms with Crippen molar-refractivity contribution in [2.45, 2.75) is 102 Å². The SMILES string of the molecule is COC(=O)N[C@H](C(=O)N1CCC[C@@H]1C(=O)Nc1cccc([C@H]2CC[C@H](c3cccc(NC(=O)[C@H]4CCCN4C(=O)[C@@H](NC(=O)OC)C(C)C)c3)N2c2ccc(F)cc2)c1)C(C)C. The van der Waals surface area contributed by atoms with Crippen molar-refractivity contribution in [2.24, 2.45) is 11.8 Å². The number of carbonyl (C=O) groups is 6. The number of benzene rings is 3. The second kappa shape index (κ2) is 20.1. The molecule has 3 saturated heterocycles. The molecule has 0 unspecified atom stereocenters. The fraction of sp³-hybridized carbons (Fsp3) is 0.478. The number of nitrogens with one attached hydrogen (secondary N) is 4. The lowest BCUT2D eigenvalue weighted by atomic mass is 10.0. The molecular formula is C46H58FN7O8.